The van der Waals surface area contributed by atoms with Crippen molar-refractivity contribution in [1.29, 1.82) is 0 Å². The molecule has 0 spiro atoms. The molecule has 1 N–H and O–H groups in total. The molecule has 110 valence electrons. The molecule has 2 aromatic rings. The minimum Gasteiger partial charge on any atom is -0.341 e. The van der Waals surface area contributed by atoms with E-state index in [1.165, 1.54) is 6.07 Å². The Balaban J connectivity index is 2.30. The van der Waals surface area contributed by atoms with Gasteiger partial charge in [0.15, 0.2) is 0 Å². The summed E-state index contributed by atoms with van der Waals surface area (Å²) < 4.78 is 14.2. The maximum Gasteiger partial charge on any atom is 0.255 e. The van der Waals surface area contributed by atoms with E-state index in [1.54, 1.807) is 12.1 Å². The predicted molar refractivity (Wildman–Crippen MR) is 86.1 cm³/mol. The highest BCUT2D eigenvalue weighted by Gasteiger charge is 2.29. The highest BCUT2D eigenvalue weighted by molar-refractivity contribution is 9.10. The Kier molecular flexibility index (Phi) is 5.01. The zero-order valence-corrected chi connectivity index (χ0v) is 13.7. The van der Waals surface area contributed by atoms with E-state index in [1.807, 2.05) is 37.3 Å². The average molecular weight is 371 g/mol. The molecular formula is C16H14BrClFNO. The molecule has 1 atom stereocenters. The highest BCUT2D eigenvalue weighted by Crippen LogP contribution is 2.24. The van der Waals surface area contributed by atoms with Crippen LogP contribution in [-0.2, 0) is 5.54 Å². The molecule has 0 saturated heterocycles. The monoisotopic (exact) mass is 369 g/mol. The number of halogens is 3. The number of nitrogens with one attached hydrogen (secondary N) is 1. The number of alkyl halides is 1. The minimum atomic E-state index is -0.769. The maximum atomic E-state index is 14.0. The Morgan fingerprint density at radius 3 is 2.52 bits per heavy atom. The summed E-state index contributed by atoms with van der Waals surface area (Å²) in [4.78, 5) is 12.3. The van der Waals surface area contributed by atoms with Crippen LogP contribution in [0.1, 0.15) is 22.8 Å². The molecule has 0 radical (unpaired) electrons. The van der Waals surface area contributed by atoms with Crippen LogP contribution >= 0.6 is 27.5 Å². The summed E-state index contributed by atoms with van der Waals surface area (Å²) in [7, 11) is 0. The molecule has 0 fully saturated rings. The Morgan fingerprint density at radius 2 is 1.90 bits per heavy atom. The number of hydrogen-bond acceptors (Lipinski definition) is 1. The van der Waals surface area contributed by atoms with Gasteiger partial charge in [0.25, 0.3) is 5.91 Å². The van der Waals surface area contributed by atoms with Gasteiger partial charge in [0.2, 0.25) is 0 Å². The van der Waals surface area contributed by atoms with Gasteiger partial charge in [-0.2, -0.15) is 0 Å². The van der Waals surface area contributed by atoms with Crippen LogP contribution in [0.15, 0.2) is 53.0 Å². The Bertz CT molecular complexity index is 650. The van der Waals surface area contributed by atoms with Crippen LogP contribution < -0.4 is 5.32 Å². The molecule has 2 rings (SSSR count). The van der Waals surface area contributed by atoms with E-state index >= 15 is 0 Å². The third-order valence-electron chi connectivity index (χ3n) is 3.26. The zero-order valence-electron chi connectivity index (χ0n) is 11.4. The van der Waals surface area contributed by atoms with Crippen molar-refractivity contribution >= 4 is 33.4 Å². The average Bonchev–Trinajstić information content (AvgIpc) is 2.50. The summed E-state index contributed by atoms with van der Waals surface area (Å²) >= 11 is 9.10. The van der Waals surface area contributed by atoms with E-state index in [4.69, 9.17) is 11.6 Å². The number of amides is 1. The van der Waals surface area contributed by atoms with Crippen LogP contribution in [0.3, 0.4) is 0 Å². The normalized spacial score (nSPS) is 13.5. The van der Waals surface area contributed by atoms with Gasteiger partial charge >= 0.3 is 0 Å². The number of hydrogen-bond donors (Lipinski definition) is 1. The first-order valence-electron chi connectivity index (χ1n) is 6.36. The predicted octanol–water partition coefficient (Wildman–Crippen LogP) is 4.47. The Morgan fingerprint density at radius 1 is 1.24 bits per heavy atom. The van der Waals surface area contributed by atoms with Crippen LogP contribution in [0.2, 0.25) is 0 Å². The van der Waals surface area contributed by atoms with E-state index in [0.29, 0.717) is 0 Å². The summed E-state index contributed by atoms with van der Waals surface area (Å²) in [6.45, 7) is 1.81. The van der Waals surface area contributed by atoms with Crippen molar-refractivity contribution in [1.82, 2.24) is 5.32 Å². The van der Waals surface area contributed by atoms with Gasteiger partial charge in [-0.3, -0.25) is 4.79 Å². The van der Waals surface area contributed by atoms with Gasteiger partial charge in [-0.1, -0.05) is 36.4 Å². The summed E-state index contributed by atoms with van der Waals surface area (Å²) in [5.41, 5.74) is 0.0784. The third-order valence-corrected chi connectivity index (χ3v) is 4.41. The summed E-state index contributed by atoms with van der Waals surface area (Å²) in [5.74, 6) is -0.904. The molecule has 0 heterocycles. The van der Waals surface area contributed by atoms with Crippen LogP contribution in [0, 0.1) is 5.82 Å². The molecular weight excluding hydrogens is 357 g/mol. The number of carbonyl (C=O) groups is 1. The topological polar surface area (TPSA) is 29.1 Å². The molecule has 2 aromatic carbocycles. The summed E-state index contributed by atoms with van der Waals surface area (Å²) in [6, 6.07) is 14.0. The molecule has 1 unspecified atom stereocenters. The Labute approximate surface area is 136 Å². The van der Waals surface area contributed by atoms with Crippen molar-refractivity contribution in [2.75, 3.05) is 5.88 Å². The Hall–Kier alpha value is -1.39. The van der Waals surface area contributed by atoms with Crippen LogP contribution in [0.5, 0.6) is 0 Å². The van der Waals surface area contributed by atoms with Crippen molar-refractivity contribution in [3.05, 3.63) is 69.9 Å². The molecule has 0 aliphatic rings. The fourth-order valence-electron chi connectivity index (χ4n) is 1.99. The van der Waals surface area contributed by atoms with Gasteiger partial charge in [0.05, 0.1) is 15.6 Å². The molecule has 2 nitrogen and oxygen atoms in total. The van der Waals surface area contributed by atoms with Crippen molar-refractivity contribution < 1.29 is 9.18 Å². The van der Waals surface area contributed by atoms with Gasteiger partial charge in [-0.25, -0.2) is 4.39 Å². The molecule has 0 bridgehead atoms. The molecule has 1 amide bonds. The largest absolute Gasteiger partial charge is 0.341 e. The third kappa shape index (κ3) is 3.44. The zero-order chi connectivity index (χ0) is 15.5. The smallest absolute Gasteiger partial charge is 0.255 e. The van der Waals surface area contributed by atoms with Gasteiger partial charge in [-0.15, -0.1) is 11.6 Å². The van der Waals surface area contributed by atoms with Crippen LogP contribution in [0.25, 0.3) is 0 Å². The van der Waals surface area contributed by atoms with Crippen LogP contribution in [-0.4, -0.2) is 11.8 Å². The lowest BCUT2D eigenvalue weighted by molar-refractivity contribution is 0.0909. The van der Waals surface area contributed by atoms with E-state index in [9.17, 15) is 9.18 Å². The molecule has 21 heavy (non-hydrogen) atoms. The first kappa shape index (κ1) is 16.0. The number of rotatable bonds is 4. The minimum absolute atomic E-state index is 0.0170. The quantitative estimate of drug-likeness (QED) is 0.790. The lowest BCUT2D eigenvalue weighted by atomic mass is 9.93. The van der Waals surface area contributed by atoms with Gasteiger partial charge in [-0.05, 0) is 40.5 Å². The highest BCUT2D eigenvalue weighted by atomic mass is 79.9. The number of carbonyl (C=O) groups excluding carboxylic acids is 1. The van der Waals surface area contributed by atoms with E-state index in [-0.39, 0.29) is 15.9 Å². The molecule has 0 aliphatic carbocycles. The van der Waals surface area contributed by atoms with Gasteiger partial charge < -0.3 is 5.32 Å². The first-order valence-corrected chi connectivity index (χ1v) is 7.69. The van der Waals surface area contributed by atoms with Crippen molar-refractivity contribution in [3.8, 4) is 0 Å². The molecule has 0 saturated carbocycles. The van der Waals surface area contributed by atoms with E-state index in [0.717, 1.165) is 5.56 Å². The van der Waals surface area contributed by atoms with Crippen LogP contribution in [0.4, 0.5) is 4.39 Å². The fourth-order valence-corrected chi connectivity index (χ4v) is 2.57. The van der Waals surface area contributed by atoms with Crippen molar-refractivity contribution in [2.45, 2.75) is 12.5 Å². The van der Waals surface area contributed by atoms with E-state index in [2.05, 4.69) is 21.2 Å². The molecule has 5 heteroatoms. The van der Waals surface area contributed by atoms with Gasteiger partial charge in [0, 0.05) is 5.88 Å². The first-order chi connectivity index (χ1) is 9.98. The second kappa shape index (κ2) is 6.58. The lowest BCUT2D eigenvalue weighted by Gasteiger charge is -2.29. The fraction of sp³-hybridized carbons (Fsp3) is 0.188. The maximum absolute atomic E-state index is 14.0. The van der Waals surface area contributed by atoms with Crippen molar-refractivity contribution in [2.24, 2.45) is 0 Å². The van der Waals surface area contributed by atoms with Crippen molar-refractivity contribution in [3.63, 3.8) is 0 Å². The second-order valence-electron chi connectivity index (χ2n) is 4.89. The molecule has 0 aliphatic heterocycles. The lowest BCUT2D eigenvalue weighted by Crippen LogP contribution is -2.45. The van der Waals surface area contributed by atoms with Gasteiger partial charge in [0.1, 0.15) is 5.82 Å². The summed E-state index contributed by atoms with van der Waals surface area (Å²) in [5, 5.41) is 2.81. The number of benzene rings is 2. The summed E-state index contributed by atoms with van der Waals surface area (Å²) in [6.07, 6.45) is 0. The second-order valence-corrected chi connectivity index (χ2v) is 6.01. The standard InChI is InChI=1S/C16H14BrClFNO/c1-16(10-18,11-6-3-2-4-7-11)20-15(21)12-8-5-9-13(17)14(12)19/h2-9H,10H2,1H3,(H,20,21). The van der Waals surface area contributed by atoms with E-state index < -0.39 is 17.3 Å². The SMILES string of the molecule is CC(CCl)(NC(=O)c1cccc(Br)c1F)c1ccccc1. The molecule has 0 aromatic heterocycles.